The molecule has 5 heteroatoms. The SMILES string of the molecule is O=C1NC(=O)C(=Cc2cccc3[nH]ccc23)S1. The van der Waals surface area contributed by atoms with Crippen LogP contribution in [0, 0.1) is 0 Å². The van der Waals surface area contributed by atoms with E-state index >= 15 is 0 Å². The maximum Gasteiger partial charge on any atom is 0.290 e. The summed E-state index contributed by atoms with van der Waals surface area (Å²) in [7, 11) is 0. The molecule has 1 aliphatic rings. The number of hydrogen-bond donors (Lipinski definition) is 2. The molecular formula is C12H8N2O2S. The van der Waals surface area contributed by atoms with Crippen LogP contribution in [0.3, 0.4) is 0 Å². The van der Waals surface area contributed by atoms with Crippen LogP contribution in [0.2, 0.25) is 0 Å². The van der Waals surface area contributed by atoms with E-state index in [0.29, 0.717) is 4.91 Å². The third-order valence-corrected chi connectivity index (χ3v) is 3.37. The van der Waals surface area contributed by atoms with Crippen LogP contribution in [0.15, 0.2) is 35.4 Å². The Kier molecular flexibility index (Phi) is 2.26. The van der Waals surface area contributed by atoms with Gasteiger partial charge in [-0.15, -0.1) is 0 Å². The second-order valence-electron chi connectivity index (χ2n) is 3.64. The number of fused-ring (bicyclic) bond motifs is 1. The Morgan fingerprint density at radius 3 is 2.82 bits per heavy atom. The molecule has 2 amide bonds. The molecule has 0 bridgehead atoms. The molecular weight excluding hydrogens is 236 g/mol. The molecule has 2 aromatic rings. The maximum atomic E-state index is 11.4. The Morgan fingerprint density at radius 2 is 2.06 bits per heavy atom. The zero-order valence-electron chi connectivity index (χ0n) is 8.69. The van der Waals surface area contributed by atoms with E-state index in [1.165, 1.54) is 0 Å². The van der Waals surface area contributed by atoms with Gasteiger partial charge in [0.25, 0.3) is 11.1 Å². The number of carbonyl (C=O) groups is 2. The van der Waals surface area contributed by atoms with Crippen LogP contribution in [0.1, 0.15) is 5.56 Å². The quantitative estimate of drug-likeness (QED) is 0.757. The first-order valence-electron chi connectivity index (χ1n) is 5.05. The van der Waals surface area contributed by atoms with Crippen LogP contribution in [0.5, 0.6) is 0 Å². The molecule has 17 heavy (non-hydrogen) atoms. The largest absolute Gasteiger partial charge is 0.361 e. The first-order valence-corrected chi connectivity index (χ1v) is 5.87. The Labute approximate surface area is 101 Å². The van der Waals surface area contributed by atoms with E-state index in [-0.39, 0.29) is 11.1 Å². The highest BCUT2D eigenvalue weighted by molar-refractivity contribution is 8.18. The Bertz CT molecular complexity index is 657. The van der Waals surface area contributed by atoms with E-state index in [1.807, 2.05) is 30.5 Å². The molecule has 2 N–H and O–H groups in total. The number of H-pyrrole nitrogens is 1. The monoisotopic (exact) mass is 244 g/mol. The van der Waals surface area contributed by atoms with Crippen molar-refractivity contribution in [1.29, 1.82) is 0 Å². The average molecular weight is 244 g/mol. The number of rotatable bonds is 1. The summed E-state index contributed by atoms with van der Waals surface area (Å²) in [6.45, 7) is 0. The summed E-state index contributed by atoms with van der Waals surface area (Å²) >= 11 is 0.931. The lowest BCUT2D eigenvalue weighted by atomic mass is 10.1. The zero-order valence-corrected chi connectivity index (χ0v) is 9.51. The average Bonchev–Trinajstić information content (AvgIpc) is 2.87. The third-order valence-electron chi connectivity index (χ3n) is 2.56. The zero-order chi connectivity index (χ0) is 11.8. The van der Waals surface area contributed by atoms with Crippen molar-refractivity contribution in [2.75, 3.05) is 0 Å². The molecule has 0 spiro atoms. The van der Waals surface area contributed by atoms with Crippen LogP contribution in [0.25, 0.3) is 17.0 Å². The number of nitrogens with one attached hydrogen (secondary N) is 2. The van der Waals surface area contributed by atoms with E-state index in [2.05, 4.69) is 10.3 Å². The third kappa shape index (κ3) is 1.74. The van der Waals surface area contributed by atoms with Gasteiger partial charge in [-0.25, -0.2) is 0 Å². The van der Waals surface area contributed by atoms with Gasteiger partial charge in [0, 0.05) is 17.1 Å². The lowest BCUT2D eigenvalue weighted by Gasteiger charge is -1.97. The minimum Gasteiger partial charge on any atom is -0.361 e. The summed E-state index contributed by atoms with van der Waals surface area (Å²) in [6.07, 6.45) is 3.58. The standard InChI is InChI=1S/C12H8N2O2S/c15-11-10(17-12(16)14-11)6-7-2-1-3-9-8(7)4-5-13-9/h1-6,13H,(H,14,15,16). The fraction of sp³-hybridized carbons (Fsp3) is 0. The first kappa shape index (κ1) is 10.2. The smallest absolute Gasteiger partial charge is 0.290 e. The fourth-order valence-electron chi connectivity index (χ4n) is 1.80. The highest BCUT2D eigenvalue weighted by Crippen LogP contribution is 2.28. The Morgan fingerprint density at radius 1 is 1.18 bits per heavy atom. The molecule has 84 valence electrons. The van der Waals surface area contributed by atoms with Crippen molar-refractivity contribution < 1.29 is 9.59 Å². The molecule has 1 saturated heterocycles. The van der Waals surface area contributed by atoms with Gasteiger partial charge < -0.3 is 4.98 Å². The lowest BCUT2D eigenvalue weighted by Crippen LogP contribution is -2.17. The van der Waals surface area contributed by atoms with Crippen LogP contribution in [-0.2, 0) is 4.79 Å². The topological polar surface area (TPSA) is 62.0 Å². The number of hydrogen-bond acceptors (Lipinski definition) is 3. The van der Waals surface area contributed by atoms with Gasteiger partial charge in [-0.3, -0.25) is 14.9 Å². The summed E-state index contributed by atoms with van der Waals surface area (Å²) < 4.78 is 0. The van der Waals surface area contributed by atoms with E-state index in [0.717, 1.165) is 28.2 Å². The van der Waals surface area contributed by atoms with Crippen LogP contribution >= 0.6 is 11.8 Å². The Balaban J connectivity index is 2.11. The summed E-state index contributed by atoms with van der Waals surface area (Å²) in [6, 6.07) is 7.73. The number of imide groups is 1. The molecule has 1 aromatic carbocycles. The number of benzene rings is 1. The van der Waals surface area contributed by atoms with Crippen molar-refractivity contribution in [3.63, 3.8) is 0 Å². The van der Waals surface area contributed by atoms with Crippen LogP contribution in [-0.4, -0.2) is 16.1 Å². The minimum atomic E-state index is -0.326. The van der Waals surface area contributed by atoms with Crippen LogP contribution < -0.4 is 5.32 Å². The van der Waals surface area contributed by atoms with Crippen molar-refractivity contribution >= 4 is 39.9 Å². The summed E-state index contributed by atoms with van der Waals surface area (Å²) in [4.78, 5) is 26.0. The second kappa shape index (κ2) is 3.78. The molecule has 0 radical (unpaired) electrons. The summed E-state index contributed by atoms with van der Waals surface area (Å²) in [5, 5.41) is 2.96. The number of aromatic amines is 1. The summed E-state index contributed by atoms with van der Waals surface area (Å²) in [5.74, 6) is -0.326. The normalized spacial score (nSPS) is 18.0. The molecule has 1 aromatic heterocycles. The lowest BCUT2D eigenvalue weighted by molar-refractivity contribution is -0.115. The molecule has 0 unspecified atom stereocenters. The molecule has 4 nitrogen and oxygen atoms in total. The number of aromatic nitrogens is 1. The second-order valence-corrected chi connectivity index (χ2v) is 4.65. The van der Waals surface area contributed by atoms with Crippen molar-refractivity contribution in [1.82, 2.24) is 10.3 Å². The maximum absolute atomic E-state index is 11.4. The molecule has 0 aliphatic carbocycles. The number of amides is 2. The molecule has 2 heterocycles. The highest BCUT2D eigenvalue weighted by atomic mass is 32.2. The van der Waals surface area contributed by atoms with Crippen molar-refractivity contribution in [3.05, 3.63) is 40.9 Å². The van der Waals surface area contributed by atoms with Crippen LogP contribution in [0.4, 0.5) is 4.79 Å². The molecule has 3 rings (SSSR count). The van der Waals surface area contributed by atoms with Gasteiger partial charge in [0.05, 0.1) is 4.91 Å². The van der Waals surface area contributed by atoms with Crippen molar-refractivity contribution in [2.45, 2.75) is 0 Å². The van der Waals surface area contributed by atoms with Gasteiger partial charge in [-0.2, -0.15) is 0 Å². The highest BCUT2D eigenvalue weighted by Gasteiger charge is 2.25. The van der Waals surface area contributed by atoms with E-state index in [9.17, 15) is 9.59 Å². The number of thioether (sulfide) groups is 1. The van der Waals surface area contributed by atoms with Gasteiger partial charge in [0.15, 0.2) is 0 Å². The van der Waals surface area contributed by atoms with Gasteiger partial charge in [0.2, 0.25) is 0 Å². The number of carbonyl (C=O) groups excluding carboxylic acids is 2. The molecule has 0 atom stereocenters. The minimum absolute atomic E-state index is 0.317. The summed E-state index contributed by atoms with van der Waals surface area (Å²) in [5.41, 5.74) is 1.94. The molecule has 1 aliphatic heterocycles. The van der Waals surface area contributed by atoms with Gasteiger partial charge >= 0.3 is 0 Å². The predicted octanol–water partition coefficient (Wildman–Crippen LogP) is 2.49. The van der Waals surface area contributed by atoms with E-state index < -0.39 is 0 Å². The van der Waals surface area contributed by atoms with Crippen molar-refractivity contribution in [2.24, 2.45) is 0 Å². The fourth-order valence-corrected chi connectivity index (χ4v) is 2.47. The van der Waals surface area contributed by atoms with Gasteiger partial charge in [0.1, 0.15) is 0 Å². The first-order chi connectivity index (χ1) is 8.24. The molecule has 1 fully saturated rings. The van der Waals surface area contributed by atoms with E-state index in [4.69, 9.17) is 0 Å². The van der Waals surface area contributed by atoms with Crippen molar-refractivity contribution in [3.8, 4) is 0 Å². The Hall–Kier alpha value is -2.01. The molecule has 0 saturated carbocycles. The van der Waals surface area contributed by atoms with E-state index in [1.54, 1.807) is 6.08 Å². The predicted molar refractivity (Wildman–Crippen MR) is 67.4 cm³/mol. The van der Waals surface area contributed by atoms with Gasteiger partial charge in [-0.1, -0.05) is 12.1 Å². The van der Waals surface area contributed by atoms with Gasteiger partial charge in [-0.05, 0) is 35.5 Å².